The van der Waals surface area contributed by atoms with Gasteiger partial charge in [-0.1, -0.05) is 48.5 Å². The standard InChI is InChI=1S/C31H31N5O2/c1-38-31-33-28-20-24(26-10-4-8-23-7-2-3-9-25(23)26)12-13-27(28)30(34-31)36-18-16-35(17-19-36)29(37)14-11-22-6-5-15-32-21-22/h2-11,14-15,21,24H,12-13,16-20H2,1H3/b14-11+. The zero-order valence-electron chi connectivity index (χ0n) is 21.6. The molecule has 38 heavy (non-hydrogen) atoms. The van der Waals surface area contributed by atoms with E-state index in [0.717, 1.165) is 49.4 Å². The second-order valence-electron chi connectivity index (χ2n) is 9.90. The largest absolute Gasteiger partial charge is 0.467 e. The maximum absolute atomic E-state index is 12.8. The van der Waals surface area contributed by atoms with Crippen LogP contribution in [0.2, 0.25) is 0 Å². The van der Waals surface area contributed by atoms with Crippen molar-refractivity contribution in [3.63, 3.8) is 0 Å². The van der Waals surface area contributed by atoms with Crippen molar-refractivity contribution in [3.8, 4) is 6.01 Å². The normalized spacial score (nSPS) is 17.6. The van der Waals surface area contributed by atoms with E-state index in [1.54, 1.807) is 25.6 Å². The fourth-order valence-corrected chi connectivity index (χ4v) is 5.68. The van der Waals surface area contributed by atoms with Crippen molar-refractivity contribution in [2.45, 2.75) is 25.2 Å². The summed E-state index contributed by atoms with van der Waals surface area (Å²) in [5.74, 6) is 1.39. The first kappa shape index (κ1) is 24.1. The Labute approximate surface area is 222 Å². The van der Waals surface area contributed by atoms with Crippen LogP contribution in [0.15, 0.2) is 73.1 Å². The number of rotatable bonds is 5. The number of fused-ring (bicyclic) bond motifs is 2. The van der Waals surface area contributed by atoms with Crippen LogP contribution in [0.1, 0.15) is 34.7 Å². The number of hydrogen-bond donors (Lipinski definition) is 0. The maximum Gasteiger partial charge on any atom is 0.318 e. The third-order valence-corrected chi connectivity index (χ3v) is 7.67. The van der Waals surface area contributed by atoms with Crippen LogP contribution >= 0.6 is 0 Å². The highest BCUT2D eigenvalue weighted by atomic mass is 16.5. The van der Waals surface area contributed by atoms with Gasteiger partial charge in [0.05, 0.1) is 12.8 Å². The lowest BCUT2D eigenvalue weighted by atomic mass is 9.80. The summed E-state index contributed by atoms with van der Waals surface area (Å²) in [6, 6.07) is 19.4. The molecule has 1 aliphatic heterocycles. The van der Waals surface area contributed by atoms with Gasteiger partial charge in [-0.3, -0.25) is 9.78 Å². The molecule has 1 saturated heterocycles. The smallest absolute Gasteiger partial charge is 0.318 e. The molecule has 1 fully saturated rings. The molecule has 2 aliphatic rings. The molecule has 0 radical (unpaired) electrons. The van der Waals surface area contributed by atoms with E-state index in [1.807, 2.05) is 23.1 Å². The second kappa shape index (κ2) is 10.6. The molecule has 6 rings (SSSR count). The summed E-state index contributed by atoms with van der Waals surface area (Å²) in [5, 5.41) is 2.60. The van der Waals surface area contributed by atoms with Crippen LogP contribution in [0.4, 0.5) is 5.82 Å². The quantitative estimate of drug-likeness (QED) is 0.367. The van der Waals surface area contributed by atoms with Crippen LogP contribution in [-0.2, 0) is 17.6 Å². The molecule has 1 atom stereocenters. The van der Waals surface area contributed by atoms with E-state index in [-0.39, 0.29) is 5.91 Å². The molecule has 1 unspecified atom stereocenters. The predicted octanol–water partition coefficient (Wildman–Crippen LogP) is 4.67. The summed E-state index contributed by atoms with van der Waals surface area (Å²) >= 11 is 0. The van der Waals surface area contributed by atoms with E-state index in [2.05, 4.69) is 52.3 Å². The molecule has 2 aromatic carbocycles. The Hall–Kier alpha value is -4.26. The fourth-order valence-electron chi connectivity index (χ4n) is 5.68. The molecule has 7 heteroatoms. The van der Waals surface area contributed by atoms with Crippen LogP contribution in [-0.4, -0.2) is 59.0 Å². The molecular weight excluding hydrogens is 474 g/mol. The molecule has 1 amide bonds. The number of pyridine rings is 1. The first-order valence-electron chi connectivity index (χ1n) is 13.2. The van der Waals surface area contributed by atoms with Gasteiger partial charge in [0.25, 0.3) is 0 Å². The van der Waals surface area contributed by atoms with Gasteiger partial charge in [0, 0.05) is 50.2 Å². The van der Waals surface area contributed by atoms with Crippen LogP contribution in [0.25, 0.3) is 16.8 Å². The number of nitrogens with zero attached hydrogens (tertiary/aromatic N) is 5. The number of aromatic nitrogens is 3. The monoisotopic (exact) mass is 505 g/mol. The van der Waals surface area contributed by atoms with Crippen LogP contribution in [0.3, 0.4) is 0 Å². The zero-order valence-corrected chi connectivity index (χ0v) is 21.6. The van der Waals surface area contributed by atoms with Gasteiger partial charge in [-0.05, 0) is 59.2 Å². The van der Waals surface area contributed by atoms with Crippen LogP contribution in [0.5, 0.6) is 6.01 Å². The van der Waals surface area contributed by atoms with Crippen LogP contribution < -0.4 is 9.64 Å². The lowest BCUT2D eigenvalue weighted by molar-refractivity contribution is -0.126. The maximum atomic E-state index is 12.8. The highest BCUT2D eigenvalue weighted by molar-refractivity contribution is 5.92. The highest BCUT2D eigenvalue weighted by Crippen LogP contribution is 2.39. The Morgan fingerprint density at radius 1 is 1.00 bits per heavy atom. The van der Waals surface area contributed by atoms with Crippen molar-refractivity contribution in [1.29, 1.82) is 0 Å². The van der Waals surface area contributed by atoms with Crippen LogP contribution in [0, 0.1) is 0 Å². The van der Waals surface area contributed by atoms with Gasteiger partial charge in [-0.15, -0.1) is 0 Å². The zero-order chi connectivity index (χ0) is 25.9. The summed E-state index contributed by atoms with van der Waals surface area (Å²) in [6.07, 6.45) is 9.78. The van der Waals surface area contributed by atoms with Gasteiger partial charge in [-0.25, -0.2) is 0 Å². The Morgan fingerprint density at radius 2 is 1.84 bits per heavy atom. The minimum atomic E-state index is 0.0220. The van der Waals surface area contributed by atoms with Crippen molar-refractivity contribution >= 4 is 28.6 Å². The molecule has 2 aromatic heterocycles. The molecular formula is C31H31N5O2. The van der Waals surface area contributed by atoms with Gasteiger partial charge >= 0.3 is 6.01 Å². The molecule has 0 bridgehead atoms. The van der Waals surface area contributed by atoms with E-state index in [9.17, 15) is 4.79 Å². The topological polar surface area (TPSA) is 71.5 Å². The molecule has 7 nitrogen and oxygen atoms in total. The third-order valence-electron chi connectivity index (χ3n) is 7.67. The van der Waals surface area contributed by atoms with Crippen molar-refractivity contribution in [2.75, 3.05) is 38.2 Å². The summed E-state index contributed by atoms with van der Waals surface area (Å²) < 4.78 is 5.53. The number of ether oxygens (including phenoxy) is 1. The molecule has 1 aliphatic carbocycles. The molecule has 3 heterocycles. The minimum absolute atomic E-state index is 0.0220. The molecule has 192 valence electrons. The lowest BCUT2D eigenvalue weighted by Crippen LogP contribution is -2.49. The Bertz CT molecular complexity index is 1470. The number of benzene rings is 2. The number of amides is 1. The SMILES string of the molecule is COc1nc2c(c(N3CCN(C(=O)/C=C/c4cccnc4)CC3)n1)CCC(c1cccc3ccccc13)C2. The molecule has 0 N–H and O–H groups in total. The third kappa shape index (κ3) is 4.84. The van der Waals surface area contributed by atoms with E-state index in [4.69, 9.17) is 14.7 Å². The van der Waals surface area contributed by atoms with Gasteiger partial charge in [0.1, 0.15) is 5.82 Å². The van der Waals surface area contributed by atoms with Crippen molar-refractivity contribution in [3.05, 3.63) is 95.5 Å². The molecule has 4 aromatic rings. The lowest BCUT2D eigenvalue weighted by Gasteiger charge is -2.37. The number of methoxy groups -OCH3 is 1. The first-order valence-corrected chi connectivity index (χ1v) is 13.2. The predicted molar refractivity (Wildman–Crippen MR) is 149 cm³/mol. The minimum Gasteiger partial charge on any atom is -0.467 e. The van der Waals surface area contributed by atoms with E-state index in [0.29, 0.717) is 25.0 Å². The molecule has 0 spiro atoms. The number of hydrogen-bond acceptors (Lipinski definition) is 6. The Balaban J connectivity index is 1.19. The van der Waals surface area contributed by atoms with Gasteiger partial charge in [-0.2, -0.15) is 9.97 Å². The van der Waals surface area contributed by atoms with E-state index < -0.39 is 0 Å². The average Bonchev–Trinajstić information content (AvgIpc) is 2.99. The highest BCUT2D eigenvalue weighted by Gasteiger charge is 2.30. The van der Waals surface area contributed by atoms with Crippen molar-refractivity contribution < 1.29 is 9.53 Å². The Morgan fingerprint density at radius 3 is 2.66 bits per heavy atom. The average molecular weight is 506 g/mol. The van der Waals surface area contributed by atoms with E-state index >= 15 is 0 Å². The number of carbonyl (C=O) groups is 1. The summed E-state index contributed by atoms with van der Waals surface area (Å²) in [6.45, 7) is 2.75. The van der Waals surface area contributed by atoms with E-state index in [1.165, 1.54) is 21.9 Å². The van der Waals surface area contributed by atoms with Crippen molar-refractivity contribution in [1.82, 2.24) is 19.9 Å². The van der Waals surface area contributed by atoms with Crippen molar-refractivity contribution in [2.24, 2.45) is 0 Å². The number of anilines is 1. The summed E-state index contributed by atoms with van der Waals surface area (Å²) in [4.78, 5) is 30.6. The summed E-state index contributed by atoms with van der Waals surface area (Å²) in [7, 11) is 1.63. The second-order valence-corrected chi connectivity index (χ2v) is 9.90. The van der Waals surface area contributed by atoms with Gasteiger partial charge in [0.15, 0.2) is 0 Å². The Kier molecular flexibility index (Phi) is 6.73. The first-order chi connectivity index (χ1) is 18.7. The number of carbonyl (C=O) groups excluding carboxylic acids is 1. The number of piperazine rings is 1. The van der Waals surface area contributed by atoms with Gasteiger partial charge < -0.3 is 14.5 Å². The molecule has 0 saturated carbocycles. The van der Waals surface area contributed by atoms with Gasteiger partial charge in [0.2, 0.25) is 5.91 Å². The fraction of sp³-hybridized carbons (Fsp3) is 0.290. The summed E-state index contributed by atoms with van der Waals surface area (Å²) in [5.41, 5.74) is 4.60.